The average molecular weight is 439 g/mol. The van der Waals surface area contributed by atoms with Gasteiger partial charge < -0.3 is 14.2 Å². The van der Waals surface area contributed by atoms with Crippen LogP contribution in [0.4, 0.5) is 0 Å². The Hall–Kier alpha value is -3.08. The lowest BCUT2D eigenvalue weighted by molar-refractivity contribution is -0.171. The summed E-state index contributed by atoms with van der Waals surface area (Å²) in [5.74, 6) is 0.877. The Morgan fingerprint density at radius 2 is 1.47 bits per heavy atom. The number of benzene rings is 2. The van der Waals surface area contributed by atoms with Crippen molar-refractivity contribution in [1.82, 2.24) is 0 Å². The van der Waals surface area contributed by atoms with Gasteiger partial charge in [0.05, 0.1) is 7.11 Å². The number of rotatable bonds is 7. The predicted molar refractivity (Wildman–Crippen MR) is 128 cm³/mol. The van der Waals surface area contributed by atoms with Crippen LogP contribution in [-0.4, -0.2) is 30.1 Å². The van der Waals surface area contributed by atoms with Crippen LogP contribution in [0, 0.1) is 20.8 Å². The molecule has 0 saturated carbocycles. The Kier molecular flexibility index (Phi) is 7.55. The lowest BCUT2D eigenvalue weighted by Gasteiger charge is -2.30. The van der Waals surface area contributed by atoms with Crippen molar-refractivity contribution < 1.29 is 23.8 Å². The van der Waals surface area contributed by atoms with E-state index in [1.807, 2.05) is 59.7 Å². The molecule has 0 bridgehead atoms. The fourth-order valence-corrected chi connectivity index (χ4v) is 3.24. The molecule has 0 amide bonds. The Labute approximate surface area is 191 Å². The molecule has 172 valence electrons. The Morgan fingerprint density at radius 1 is 0.875 bits per heavy atom. The summed E-state index contributed by atoms with van der Waals surface area (Å²) < 4.78 is 16.8. The van der Waals surface area contributed by atoms with Crippen LogP contribution in [0.1, 0.15) is 67.2 Å². The number of allylic oxidation sites excluding steroid dienone is 1. The maximum Gasteiger partial charge on any atom is 0.350 e. The maximum atomic E-state index is 12.6. The van der Waals surface area contributed by atoms with Crippen LogP contribution >= 0.6 is 0 Å². The van der Waals surface area contributed by atoms with E-state index < -0.39 is 17.2 Å². The van der Waals surface area contributed by atoms with Gasteiger partial charge in [-0.05, 0) is 114 Å². The van der Waals surface area contributed by atoms with E-state index in [-0.39, 0.29) is 5.78 Å². The first-order valence-corrected chi connectivity index (χ1v) is 10.6. The quantitative estimate of drug-likeness (QED) is 0.301. The summed E-state index contributed by atoms with van der Waals surface area (Å²) in [6.45, 7) is 14.6. The van der Waals surface area contributed by atoms with Crippen LogP contribution in [0.15, 0.2) is 36.4 Å². The van der Waals surface area contributed by atoms with E-state index in [1.54, 1.807) is 45.2 Å². The predicted octanol–water partition coefficient (Wildman–Crippen LogP) is 6.02. The van der Waals surface area contributed by atoms with Crippen molar-refractivity contribution in [1.29, 1.82) is 0 Å². The summed E-state index contributed by atoms with van der Waals surface area (Å²) in [4.78, 5) is 25.1. The van der Waals surface area contributed by atoms with E-state index in [0.717, 1.165) is 28.0 Å². The van der Waals surface area contributed by atoms with Crippen LogP contribution in [0.2, 0.25) is 0 Å². The van der Waals surface area contributed by atoms with E-state index >= 15 is 0 Å². The molecule has 0 heterocycles. The van der Waals surface area contributed by atoms with Gasteiger partial charge in [-0.3, -0.25) is 4.79 Å². The number of hydrogen-bond acceptors (Lipinski definition) is 5. The van der Waals surface area contributed by atoms with Crippen molar-refractivity contribution in [2.45, 2.75) is 66.6 Å². The number of ketones is 1. The number of ether oxygens (including phenoxy) is 3. The first-order chi connectivity index (χ1) is 14.7. The molecule has 2 rings (SSSR count). The summed E-state index contributed by atoms with van der Waals surface area (Å²) in [6.07, 6.45) is 3.34. The number of carbonyl (C=O) groups excluding carboxylic acids is 2. The number of hydrogen-bond donors (Lipinski definition) is 0. The zero-order valence-electron chi connectivity index (χ0n) is 20.6. The summed E-state index contributed by atoms with van der Waals surface area (Å²) in [5, 5.41) is 0. The van der Waals surface area contributed by atoms with Crippen molar-refractivity contribution in [3.8, 4) is 11.5 Å². The third-order valence-electron chi connectivity index (χ3n) is 4.84. The maximum absolute atomic E-state index is 12.6. The van der Waals surface area contributed by atoms with Gasteiger partial charge in [0, 0.05) is 5.56 Å². The van der Waals surface area contributed by atoms with Crippen LogP contribution in [-0.2, 0) is 9.53 Å². The van der Waals surface area contributed by atoms with Gasteiger partial charge in [-0.2, -0.15) is 0 Å². The fourth-order valence-electron chi connectivity index (χ4n) is 3.24. The van der Waals surface area contributed by atoms with Crippen LogP contribution < -0.4 is 9.47 Å². The van der Waals surface area contributed by atoms with Gasteiger partial charge >= 0.3 is 5.97 Å². The van der Waals surface area contributed by atoms with Gasteiger partial charge in [-0.1, -0.05) is 6.08 Å². The standard InChI is InChI=1S/C27H34O5/c1-17-16-21(11-13-23(17)30-9)22(28)12-10-20-14-18(2)24(19(3)15-20)31-27(7,8)25(29)32-26(4,5)6/h10-16H,1-9H3. The Bertz CT molecular complexity index is 1020. The van der Waals surface area contributed by atoms with Crippen molar-refractivity contribution in [3.05, 3.63) is 64.2 Å². The minimum atomic E-state index is -1.14. The zero-order valence-corrected chi connectivity index (χ0v) is 20.6. The lowest BCUT2D eigenvalue weighted by Crippen LogP contribution is -2.43. The normalized spacial score (nSPS) is 12.0. The summed E-state index contributed by atoms with van der Waals surface area (Å²) in [7, 11) is 1.61. The topological polar surface area (TPSA) is 61.8 Å². The molecule has 2 aromatic carbocycles. The summed E-state index contributed by atoms with van der Waals surface area (Å²) >= 11 is 0. The zero-order chi connectivity index (χ0) is 24.3. The number of esters is 1. The molecule has 0 spiro atoms. The Morgan fingerprint density at radius 3 is 1.97 bits per heavy atom. The highest BCUT2D eigenvalue weighted by atomic mass is 16.6. The molecule has 32 heavy (non-hydrogen) atoms. The first kappa shape index (κ1) is 25.2. The molecule has 0 aromatic heterocycles. The second-order valence-corrected chi connectivity index (χ2v) is 9.48. The highest BCUT2D eigenvalue weighted by molar-refractivity contribution is 6.07. The second-order valence-electron chi connectivity index (χ2n) is 9.48. The molecular weight excluding hydrogens is 404 g/mol. The SMILES string of the molecule is COc1ccc(C(=O)C=Cc2cc(C)c(OC(C)(C)C(=O)OC(C)(C)C)c(C)c2)cc1C. The van der Waals surface area contributed by atoms with Crippen molar-refractivity contribution in [3.63, 3.8) is 0 Å². The smallest absolute Gasteiger partial charge is 0.350 e. The van der Waals surface area contributed by atoms with Gasteiger partial charge in [-0.15, -0.1) is 0 Å². The summed E-state index contributed by atoms with van der Waals surface area (Å²) in [6, 6.07) is 9.22. The van der Waals surface area contributed by atoms with Crippen molar-refractivity contribution in [2.24, 2.45) is 0 Å². The van der Waals surface area contributed by atoms with Crippen LogP contribution in [0.5, 0.6) is 11.5 Å². The molecule has 0 radical (unpaired) electrons. The summed E-state index contributed by atoms with van der Waals surface area (Å²) in [5.41, 5.74) is 2.40. The molecular formula is C27H34O5. The molecule has 5 heteroatoms. The monoisotopic (exact) mass is 438 g/mol. The lowest BCUT2D eigenvalue weighted by atomic mass is 10.0. The van der Waals surface area contributed by atoms with E-state index in [4.69, 9.17) is 14.2 Å². The molecule has 0 N–H and O–H groups in total. The molecule has 0 fully saturated rings. The molecule has 0 unspecified atom stereocenters. The average Bonchev–Trinajstić information content (AvgIpc) is 2.67. The number of carbonyl (C=O) groups is 2. The fraction of sp³-hybridized carbons (Fsp3) is 0.407. The van der Waals surface area contributed by atoms with Gasteiger partial charge in [0.25, 0.3) is 0 Å². The molecule has 0 aliphatic rings. The van der Waals surface area contributed by atoms with Gasteiger partial charge in [-0.25, -0.2) is 4.79 Å². The molecule has 5 nitrogen and oxygen atoms in total. The van der Waals surface area contributed by atoms with Crippen molar-refractivity contribution in [2.75, 3.05) is 7.11 Å². The van der Waals surface area contributed by atoms with Crippen molar-refractivity contribution >= 4 is 17.8 Å². The molecule has 0 aliphatic heterocycles. The first-order valence-electron chi connectivity index (χ1n) is 10.6. The van der Waals surface area contributed by atoms with E-state index in [1.165, 1.54) is 0 Å². The highest BCUT2D eigenvalue weighted by Gasteiger charge is 2.35. The van der Waals surface area contributed by atoms with E-state index in [2.05, 4.69) is 0 Å². The van der Waals surface area contributed by atoms with E-state index in [0.29, 0.717) is 11.3 Å². The number of methoxy groups -OCH3 is 1. The molecule has 0 aliphatic carbocycles. The minimum Gasteiger partial charge on any atom is -0.496 e. The van der Waals surface area contributed by atoms with Gasteiger partial charge in [0.1, 0.15) is 17.1 Å². The van der Waals surface area contributed by atoms with Gasteiger partial charge in [0.15, 0.2) is 11.4 Å². The largest absolute Gasteiger partial charge is 0.496 e. The number of aryl methyl sites for hydroxylation is 3. The van der Waals surface area contributed by atoms with E-state index in [9.17, 15) is 9.59 Å². The highest BCUT2D eigenvalue weighted by Crippen LogP contribution is 2.30. The van der Waals surface area contributed by atoms with Gasteiger partial charge in [0.2, 0.25) is 0 Å². The third-order valence-corrected chi connectivity index (χ3v) is 4.84. The molecule has 0 saturated heterocycles. The van der Waals surface area contributed by atoms with Crippen LogP contribution in [0.3, 0.4) is 0 Å². The minimum absolute atomic E-state index is 0.0857. The Balaban J connectivity index is 2.21. The third kappa shape index (κ3) is 6.46. The molecule has 2 aromatic rings. The molecule has 0 atom stereocenters. The van der Waals surface area contributed by atoms with Crippen LogP contribution in [0.25, 0.3) is 6.08 Å². The second kappa shape index (κ2) is 9.60.